The van der Waals surface area contributed by atoms with E-state index in [0.29, 0.717) is 11.4 Å². The van der Waals surface area contributed by atoms with E-state index < -0.39 is 0 Å². The van der Waals surface area contributed by atoms with Crippen molar-refractivity contribution >= 4 is 39.8 Å². The van der Waals surface area contributed by atoms with Crippen LogP contribution in [0.2, 0.25) is 0 Å². The average molecular weight is 409 g/mol. The normalized spacial score (nSPS) is 11.3. The molecule has 1 heterocycles. The highest BCUT2D eigenvalue weighted by Crippen LogP contribution is 2.32. The fourth-order valence-electron chi connectivity index (χ4n) is 2.30. The van der Waals surface area contributed by atoms with Crippen LogP contribution >= 0.6 is 23.1 Å². The molecule has 0 aliphatic heterocycles. The molecule has 2 aromatic rings. The maximum atomic E-state index is 12.4. The number of nitrogens with one attached hydrogen (secondary N) is 2. The van der Waals surface area contributed by atoms with Gasteiger partial charge in [-0.25, -0.2) is 0 Å². The summed E-state index contributed by atoms with van der Waals surface area (Å²) in [6.07, 6.45) is 2.23. The number of methoxy groups -OCH3 is 1. The summed E-state index contributed by atoms with van der Waals surface area (Å²) in [6.45, 7) is 9.45. The average Bonchev–Trinajstić information content (AvgIpc) is 3.07. The van der Waals surface area contributed by atoms with E-state index in [0.717, 1.165) is 34.4 Å². The van der Waals surface area contributed by atoms with E-state index in [-0.39, 0.29) is 17.1 Å². The molecule has 0 fully saturated rings. The second-order valence-corrected chi connectivity index (χ2v) is 9.36. The lowest BCUT2D eigenvalue weighted by Gasteiger charge is -2.21. The zero-order valence-electron chi connectivity index (χ0n) is 16.6. The van der Waals surface area contributed by atoms with Gasteiger partial charge in [0.1, 0.15) is 5.75 Å². The third-order valence-corrected chi connectivity index (χ3v) is 5.89. The van der Waals surface area contributed by atoms with Crippen LogP contribution in [-0.2, 0) is 10.2 Å². The molecule has 8 heteroatoms. The first-order valence-corrected chi connectivity index (χ1v) is 10.8. The monoisotopic (exact) mass is 408 g/mol. The van der Waals surface area contributed by atoms with E-state index in [1.54, 1.807) is 7.11 Å². The molecule has 0 unspecified atom stereocenters. The Morgan fingerprint density at radius 3 is 2.74 bits per heavy atom. The molecular formula is C19H28N4O2S2. The van der Waals surface area contributed by atoms with Gasteiger partial charge in [-0.05, 0) is 29.5 Å². The third-order valence-electron chi connectivity index (χ3n) is 3.88. The molecule has 0 spiro atoms. The first-order chi connectivity index (χ1) is 12.8. The van der Waals surface area contributed by atoms with Crippen LogP contribution in [0.5, 0.6) is 5.75 Å². The number of ether oxygens (including phenoxy) is 1. The summed E-state index contributed by atoms with van der Waals surface area (Å²) in [4.78, 5) is 12.4. The summed E-state index contributed by atoms with van der Waals surface area (Å²) in [5.41, 5.74) is 1.82. The quantitative estimate of drug-likeness (QED) is 0.459. The van der Waals surface area contributed by atoms with Crippen LogP contribution in [0.25, 0.3) is 0 Å². The number of hydrogen-bond donors (Lipinski definition) is 2. The largest absolute Gasteiger partial charge is 0.495 e. The molecule has 0 saturated carbocycles. The van der Waals surface area contributed by atoms with Gasteiger partial charge < -0.3 is 15.4 Å². The lowest BCUT2D eigenvalue weighted by atomic mass is 9.87. The van der Waals surface area contributed by atoms with E-state index in [2.05, 4.69) is 48.5 Å². The van der Waals surface area contributed by atoms with Crippen molar-refractivity contribution in [3.8, 4) is 5.75 Å². The summed E-state index contributed by atoms with van der Waals surface area (Å²) >= 11 is 2.85. The molecule has 1 aromatic heterocycles. The number of rotatable bonds is 9. The molecule has 2 N–H and O–H groups in total. The van der Waals surface area contributed by atoms with Gasteiger partial charge >= 0.3 is 0 Å². The van der Waals surface area contributed by atoms with Crippen LogP contribution in [0.3, 0.4) is 0 Å². The van der Waals surface area contributed by atoms with Crippen molar-refractivity contribution in [1.29, 1.82) is 0 Å². The van der Waals surface area contributed by atoms with Crippen molar-refractivity contribution < 1.29 is 9.53 Å². The van der Waals surface area contributed by atoms with Gasteiger partial charge in [-0.1, -0.05) is 63.3 Å². The Labute approximate surface area is 169 Å². The highest BCUT2D eigenvalue weighted by molar-refractivity contribution is 8.01. The van der Waals surface area contributed by atoms with E-state index in [9.17, 15) is 4.79 Å². The number of amides is 1. The zero-order valence-corrected chi connectivity index (χ0v) is 18.2. The van der Waals surface area contributed by atoms with Crippen molar-refractivity contribution in [3.63, 3.8) is 0 Å². The Morgan fingerprint density at radius 1 is 1.30 bits per heavy atom. The van der Waals surface area contributed by atoms with Crippen molar-refractivity contribution in [3.05, 3.63) is 23.8 Å². The molecule has 0 aliphatic rings. The SMILES string of the molecule is CCCCNc1nnc(SCC(=O)Nc2cc(C(C)(C)C)ccc2OC)s1. The molecule has 1 aromatic carbocycles. The molecule has 2 rings (SSSR count). The van der Waals surface area contributed by atoms with Gasteiger partial charge in [0.05, 0.1) is 18.6 Å². The van der Waals surface area contributed by atoms with Gasteiger partial charge in [-0.3, -0.25) is 4.79 Å². The first-order valence-electron chi connectivity index (χ1n) is 9.02. The standard InChI is InChI=1S/C19H28N4O2S2/c1-6-7-10-20-17-22-23-18(27-17)26-12-16(24)21-14-11-13(19(2,3)4)8-9-15(14)25-5/h8-9,11H,6-7,10,12H2,1-5H3,(H,20,22)(H,21,24). The van der Waals surface area contributed by atoms with E-state index in [1.807, 2.05) is 18.2 Å². The van der Waals surface area contributed by atoms with E-state index in [1.165, 1.54) is 23.1 Å². The number of thioether (sulfide) groups is 1. The van der Waals surface area contributed by atoms with Gasteiger partial charge in [0.15, 0.2) is 4.34 Å². The molecule has 1 amide bonds. The Kier molecular flexibility index (Phi) is 7.91. The molecule has 0 atom stereocenters. The van der Waals surface area contributed by atoms with Crippen LogP contribution in [0.15, 0.2) is 22.5 Å². The van der Waals surface area contributed by atoms with Crippen LogP contribution < -0.4 is 15.4 Å². The molecule has 0 radical (unpaired) electrons. The van der Waals surface area contributed by atoms with Crippen molar-refractivity contribution in [1.82, 2.24) is 10.2 Å². The number of carbonyl (C=O) groups is 1. The number of aromatic nitrogens is 2. The maximum absolute atomic E-state index is 12.4. The second kappa shape index (κ2) is 9.94. The summed E-state index contributed by atoms with van der Waals surface area (Å²) in [5.74, 6) is 0.826. The number of carbonyl (C=O) groups excluding carboxylic acids is 1. The van der Waals surface area contributed by atoms with Crippen LogP contribution in [0, 0.1) is 0 Å². The molecule has 148 valence electrons. The predicted molar refractivity (Wildman–Crippen MR) is 114 cm³/mol. The highest BCUT2D eigenvalue weighted by atomic mass is 32.2. The van der Waals surface area contributed by atoms with Crippen LogP contribution in [0.1, 0.15) is 46.1 Å². The number of anilines is 2. The fraction of sp³-hybridized carbons (Fsp3) is 0.526. The van der Waals surface area contributed by atoms with Crippen LogP contribution in [0.4, 0.5) is 10.8 Å². The molecule has 6 nitrogen and oxygen atoms in total. The summed E-state index contributed by atoms with van der Waals surface area (Å²) in [6, 6.07) is 5.89. The van der Waals surface area contributed by atoms with Crippen LogP contribution in [-0.4, -0.2) is 35.5 Å². The summed E-state index contributed by atoms with van der Waals surface area (Å²) in [7, 11) is 1.60. The van der Waals surface area contributed by atoms with Crippen molar-refractivity contribution in [2.24, 2.45) is 0 Å². The summed E-state index contributed by atoms with van der Waals surface area (Å²) in [5, 5.41) is 15.2. The molecule has 0 aliphatic carbocycles. The highest BCUT2D eigenvalue weighted by Gasteiger charge is 2.17. The smallest absolute Gasteiger partial charge is 0.234 e. The van der Waals surface area contributed by atoms with Gasteiger partial charge in [0, 0.05) is 6.54 Å². The Bertz CT molecular complexity index is 756. The second-order valence-electron chi connectivity index (χ2n) is 7.16. The topological polar surface area (TPSA) is 76.1 Å². The lowest BCUT2D eigenvalue weighted by molar-refractivity contribution is -0.113. The van der Waals surface area contributed by atoms with Gasteiger partial charge in [0.25, 0.3) is 0 Å². The molecule has 0 bridgehead atoms. The molecule has 0 saturated heterocycles. The third kappa shape index (κ3) is 6.70. The number of benzene rings is 1. The van der Waals surface area contributed by atoms with Crippen molar-refractivity contribution in [2.75, 3.05) is 30.0 Å². The lowest BCUT2D eigenvalue weighted by Crippen LogP contribution is -2.16. The molecule has 27 heavy (non-hydrogen) atoms. The first kappa shape index (κ1) is 21.5. The zero-order chi connectivity index (χ0) is 19.9. The molecular weight excluding hydrogens is 380 g/mol. The number of nitrogens with zero attached hydrogens (tertiary/aromatic N) is 2. The van der Waals surface area contributed by atoms with Gasteiger partial charge in [0.2, 0.25) is 11.0 Å². The van der Waals surface area contributed by atoms with Gasteiger partial charge in [-0.2, -0.15) is 0 Å². The number of unbranched alkanes of at least 4 members (excludes halogenated alkanes) is 1. The van der Waals surface area contributed by atoms with E-state index >= 15 is 0 Å². The Hall–Kier alpha value is -1.80. The minimum absolute atomic E-state index is 0.00572. The van der Waals surface area contributed by atoms with Gasteiger partial charge in [-0.15, -0.1) is 10.2 Å². The summed E-state index contributed by atoms with van der Waals surface area (Å²) < 4.78 is 6.15. The minimum atomic E-state index is -0.0972. The minimum Gasteiger partial charge on any atom is -0.495 e. The predicted octanol–water partition coefficient (Wildman–Crippen LogP) is 4.79. The number of hydrogen-bond acceptors (Lipinski definition) is 7. The maximum Gasteiger partial charge on any atom is 0.234 e. The fourth-order valence-corrected chi connectivity index (χ4v) is 3.87. The van der Waals surface area contributed by atoms with Crippen molar-refractivity contribution in [2.45, 2.75) is 50.3 Å². The van der Waals surface area contributed by atoms with E-state index in [4.69, 9.17) is 4.74 Å². The Morgan fingerprint density at radius 2 is 2.07 bits per heavy atom. The Balaban J connectivity index is 1.94.